The van der Waals surface area contributed by atoms with E-state index in [-0.39, 0.29) is 18.4 Å². The van der Waals surface area contributed by atoms with E-state index in [0.29, 0.717) is 40.6 Å². The van der Waals surface area contributed by atoms with Gasteiger partial charge >= 0.3 is 0 Å². The SMILES string of the molecule is O=C(CN1C(=O)/C(=C/c2ccccc2Cl)SC1=S)N1CCOCC1. The smallest absolute Gasteiger partial charge is 0.266 e. The van der Waals surface area contributed by atoms with E-state index in [4.69, 9.17) is 28.6 Å². The van der Waals surface area contributed by atoms with E-state index in [0.717, 1.165) is 5.56 Å². The van der Waals surface area contributed by atoms with Crippen molar-refractivity contribution >= 4 is 57.8 Å². The second-order valence-corrected chi connectivity index (χ2v) is 7.37. The number of halogens is 1. The highest BCUT2D eigenvalue weighted by Crippen LogP contribution is 2.33. The first-order valence-corrected chi connectivity index (χ1v) is 9.02. The van der Waals surface area contributed by atoms with Gasteiger partial charge in [-0.15, -0.1) is 0 Å². The molecule has 2 aliphatic rings. The Hall–Kier alpha value is -1.41. The van der Waals surface area contributed by atoms with Crippen molar-refractivity contribution in [3.8, 4) is 0 Å². The normalized spacial score (nSPS) is 20.1. The van der Waals surface area contributed by atoms with Crippen molar-refractivity contribution in [2.45, 2.75) is 0 Å². The topological polar surface area (TPSA) is 49.9 Å². The molecular weight excluding hydrogens is 368 g/mol. The maximum Gasteiger partial charge on any atom is 0.266 e. The number of rotatable bonds is 3. The third-order valence-electron chi connectivity index (χ3n) is 3.72. The Kier molecular flexibility index (Phi) is 5.55. The van der Waals surface area contributed by atoms with Gasteiger partial charge in [-0.3, -0.25) is 14.5 Å². The monoisotopic (exact) mass is 382 g/mol. The molecule has 2 amide bonds. The van der Waals surface area contributed by atoms with Crippen LogP contribution in [0.5, 0.6) is 0 Å². The summed E-state index contributed by atoms with van der Waals surface area (Å²) in [6.45, 7) is 2.10. The van der Waals surface area contributed by atoms with E-state index in [1.54, 1.807) is 17.0 Å². The molecule has 0 atom stereocenters. The van der Waals surface area contributed by atoms with Crippen molar-refractivity contribution in [2.75, 3.05) is 32.8 Å². The molecule has 2 aliphatic heterocycles. The van der Waals surface area contributed by atoms with Gasteiger partial charge in [0, 0.05) is 18.1 Å². The molecule has 0 aliphatic carbocycles. The minimum Gasteiger partial charge on any atom is -0.378 e. The van der Waals surface area contributed by atoms with Crippen molar-refractivity contribution < 1.29 is 14.3 Å². The lowest BCUT2D eigenvalue weighted by Crippen LogP contribution is -2.46. The van der Waals surface area contributed by atoms with Crippen LogP contribution in [0.4, 0.5) is 0 Å². The molecule has 0 aromatic heterocycles. The summed E-state index contributed by atoms with van der Waals surface area (Å²) in [5.74, 6) is -0.375. The summed E-state index contributed by atoms with van der Waals surface area (Å²) in [6.07, 6.45) is 1.71. The summed E-state index contributed by atoms with van der Waals surface area (Å²) in [7, 11) is 0. The molecule has 0 bridgehead atoms. The van der Waals surface area contributed by atoms with E-state index in [1.165, 1.54) is 16.7 Å². The van der Waals surface area contributed by atoms with Crippen LogP contribution >= 0.6 is 35.6 Å². The Bertz CT molecular complexity index is 717. The van der Waals surface area contributed by atoms with Crippen LogP contribution in [0.15, 0.2) is 29.2 Å². The fourth-order valence-corrected chi connectivity index (χ4v) is 3.85. The number of carbonyl (C=O) groups excluding carboxylic acids is 2. The molecular formula is C16H15ClN2O3S2. The molecule has 1 aromatic rings. The quantitative estimate of drug-likeness (QED) is 0.593. The Morgan fingerprint density at radius 3 is 2.75 bits per heavy atom. The van der Waals surface area contributed by atoms with Gasteiger partial charge in [0.25, 0.3) is 5.91 Å². The third-order valence-corrected chi connectivity index (χ3v) is 5.44. The maximum atomic E-state index is 12.6. The number of thiocarbonyl (C=S) groups is 1. The highest BCUT2D eigenvalue weighted by molar-refractivity contribution is 8.26. The maximum absolute atomic E-state index is 12.6. The first-order valence-electron chi connectivity index (χ1n) is 7.41. The molecule has 0 spiro atoms. The van der Waals surface area contributed by atoms with Crippen LogP contribution in [-0.4, -0.2) is 58.8 Å². The Balaban J connectivity index is 1.72. The molecule has 2 heterocycles. The van der Waals surface area contributed by atoms with Crippen LogP contribution in [0, 0.1) is 0 Å². The number of carbonyl (C=O) groups is 2. The Morgan fingerprint density at radius 2 is 2.04 bits per heavy atom. The van der Waals surface area contributed by atoms with Crippen LogP contribution in [-0.2, 0) is 14.3 Å². The summed E-state index contributed by atoms with van der Waals surface area (Å²) in [4.78, 5) is 28.4. The first kappa shape index (κ1) is 17.4. The molecule has 24 heavy (non-hydrogen) atoms. The fraction of sp³-hybridized carbons (Fsp3) is 0.312. The minimum atomic E-state index is -0.258. The molecule has 2 saturated heterocycles. The third kappa shape index (κ3) is 3.80. The molecule has 0 N–H and O–H groups in total. The number of hydrogen-bond acceptors (Lipinski definition) is 5. The number of thioether (sulfide) groups is 1. The van der Waals surface area contributed by atoms with Gasteiger partial charge in [-0.25, -0.2) is 0 Å². The first-order chi connectivity index (χ1) is 11.6. The lowest BCUT2D eigenvalue weighted by molar-refractivity contribution is -0.138. The highest BCUT2D eigenvalue weighted by Gasteiger charge is 2.34. The molecule has 126 valence electrons. The van der Waals surface area contributed by atoms with Gasteiger partial charge in [-0.1, -0.05) is 53.8 Å². The van der Waals surface area contributed by atoms with Crippen LogP contribution in [0.1, 0.15) is 5.56 Å². The zero-order chi connectivity index (χ0) is 17.1. The lowest BCUT2D eigenvalue weighted by atomic mass is 10.2. The largest absolute Gasteiger partial charge is 0.378 e. The Labute approximate surface area is 154 Å². The second-order valence-electron chi connectivity index (χ2n) is 5.28. The predicted molar refractivity (Wildman–Crippen MR) is 98.7 cm³/mol. The predicted octanol–water partition coefficient (Wildman–Crippen LogP) is 2.40. The van der Waals surface area contributed by atoms with Crippen LogP contribution in [0.3, 0.4) is 0 Å². The van der Waals surface area contributed by atoms with Crippen molar-refractivity contribution in [3.05, 3.63) is 39.8 Å². The number of amides is 2. The van der Waals surface area contributed by atoms with E-state index < -0.39 is 0 Å². The van der Waals surface area contributed by atoms with Gasteiger partial charge in [0.1, 0.15) is 10.9 Å². The van der Waals surface area contributed by atoms with Gasteiger partial charge in [-0.2, -0.15) is 0 Å². The van der Waals surface area contributed by atoms with Gasteiger partial charge in [-0.05, 0) is 17.7 Å². The van der Waals surface area contributed by atoms with Gasteiger partial charge in [0.05, 0.1) is 18.1 Å². The summed E-state index contributed by atoms with van der Waals surface area (Å²) in [5.41, 5.74) is 0.749. The Morgan fingerprint density at radius 1 is 1.33 bits per heavy atom. The molecule has 0 radical (unpaired) electrons. The fourth-order valence-electron chi connectivity index (χ4n) is 2.42. The highest BCUT2D eigenvalue weighted by atomic mass is 35.5. The van der Waals surface area contributed by atoms with Gasteiger partial charge < -0.3 is 9.64 Å². The molecule has 0 saturated carbocycles. The molecule has 1 aromatic carbocycles. The van der Waals surface area contributed by atoms with Crippen molar-refractivity contribution in [1.29, 1.82) is 0 Å². The zero-order valence-corrected chi connectivity index (χ0v) is 15.1. The lowest BCUT2D eigenvalue weighted by Gasteiger charge is -2.28. The molecule has 2 fully saturated rings. The van der Waals surface area contributed by atoms with E-state index >= 15 is 0 Å². The van der Waals surface area contributed by atoms with Crippen molar-refractivity contribution in [1.82, 2.24) is 9.80 Å². The minimum absolute atomic E-state index is 0.0372. The molecule has 5 nitrogen and oxygen atoms in total. The van der Waals surface area contributed by atoms with Crippen LogP contribution in [0.2, 0.25) is 5.02 Å². The molecule has 3 rings (SSSR count). The van der Waals surface area contributed by atoms with Crippen molar-refractivity contribution in [2.24, 2.45) is 0 Å². The average molecular weight is 383 g/mol. The van der Waals surface area contributed by atoms with Crippen molar-refractivity contribution in [3.63, 3.8) is 0 Å². The van der Waals surface area contributed by atoms with Gasteiger partial charge in [0.2, 0.25) is 5.91 Å². The van der Waals surface area contributed by atoms with Gasteiger partial charge in [0.15, 0.2) is 0 Å². The van der Waals surface area contributed by atoms with E-state index in [2.05, 4.69) is 0 Å². The van der Waals surface area contributed by atoms with E-state index in [9.17, 15) is 9.59 Å². The number of ether oxygens (including phenoxy) is 1. The standard InChI is InChI=1S/C16H15ClN2O3S2/c17-12-4-2-1-3-11(12)9-13-15(21)19(16(23)24-13)10-14(20)18-5-7-22-8-6-18/h1-4,9H,5-8,10H2/b13-9-. The van der Waals surface area contributed by atoms with E-state index in [1.807, 2.05) is 18.2 Å². The zero-order valence-electron chi connectivity index (χ0n) is 12.7. The van der Waals surface area contributed by atoms with Crippen LogP contribution in [0.25, 0.3) is 6.08 Å². The second kappa shape index (κ2) is 7.65. The average Bonchev–Trinajstić information content (AvgIpc) is 2.85. The molecule has 0 unspecified atom stereocenters. The summed E-state index contributed by atoms with van der Waals surface area (Å²) >= 11 is 12.6. The summed E-state index contributed by atoms with van der Waals surface area (Å²) in [5, 5.41) is 0.562. The summed E-state index contributed by atoms with van der Waals surface area (Å²) < 4.78 is 5.62. The number of benzene rings is 1. The number of morpholine rings is 1. The molecule has 8 heteroatoms. The van der Waals surface area contributed by atoms with Crippen LogP contribution < -0.4 is 0 Å². The number of hydrogen-bond donors (Lipinski definition) is 0. The number of nitrogens with zero attached hydrogens (tertiary/aromatic N) is 2. The summed E-state index contributed by atoms with van der Waals surface area (Å²) in [6, 6.07) is 7.26.